The maximum Gasteiger partial charge on any atom is 0.248 e. The lowest BCUT2D eigenvalue weighted by atomic mass is 9.79. The molecule has 0 radical (unpaired) electrons. The lowest BCUT2D eigenvalue weighted by molar-refractivity contribution is -0.142. The van der Waals surface area contributed by atoms with Gasteiger partial charge in [0.15, 0.2) is 0 Å². The van der Waals surface area contributed by atoms with Gasteiger partial charge in [0.25, 0.3) is 0 Å². The first-order chi connectivity index (χ1) is 9.02. The lowest BCUT2D eigenvalue weighted by Gasteiger charge is -2.41. The van der Waals surface area contributed by atoms with E-state index in [-0.39, 0.29) is 17.9 Å². The van der Waals surface area contributed by atoms with Crippen molar-refractivity contribution in [1.82, 2.24) is 10.2 Å². The zero-order valence-corrected chi connectivity index (χ0v) is 11.9. The maximum atomic E-state index is 12.9. The van der Waals surface area contributed by atoms with E-state index < -0.39 is 5.54 Å². The van der Waals surface area contributed by atoms with E-state index in [1.165, 1.54) is 19.3 Å². The molecule has 1 saturated heterocycles. The summed E-state index contributed by atoms with van der Waals surface area (Å²) in [5.74, 6) is 1.17. The van der Waals surface area contributed by atoms with Gasteiger partial charge in [-0.1, -0.05) is 6.42 Å². The Labute approximate surface area is 114 Å². The van der Waals surface area contributed by atoms with Crippen LogP contribution in [0.15, 0.2) is 0 Å². The number of amides is 2. The van der Waals surface area contributed by atoms with E-state index >= 15 is 0 Å². The first-order valence-electron chi connectivity index (χ1n) is 7.64. The molecule has 2 atom stereocenters. The molecule has 2 saturated carbocycles. The highest BCUT2D eigenvalue weighted by Gasteiger charge is 2.52. The first-order valence-corrected chi connectivity index (χ1v) is 7.64. The number of carbonyl (C=O) groups is 2. The normalized spacial score (nSPS) is 34.5. The van der Waals surface area contributed by atoms with Crippen LogP contribution >= 0.6 is 0 Å². The van der Waals surface area contributed by atoms with Crippen LogP contribution in [0.5, 0.6) is 0 Å². The van der Waals surface area contributed by atoms with Gasteiger partial charge in [0.1, 0.15) is 5.54 Å². The van der Waals surface area contributed by atoms with Crippen molar-refractivity contribution in [3.05, 3.63) is 0 Å². The smallest absolute Gasteiger partial charge is 0.248 e. The standard InChI is InChI=1S/C15H24N2O2/c1-10(11-4-3-5-11)17-9-8-13(18)16-15(2,14(17)19)12-6-7-12/h10-12H,3-9H2,1-2H3,(H,16,18). The van der Waals surface area contributed by atoms with Crippen molar-refractivity contribution in [2.75, 3.05) is 6.54 Å². The van der Waals surface area contributed by atoms with Crippen molar-refractivity contribution in [3.63, 3.8) is 0 Å². The summed E-state index contributed by atoms with van der Waals surface area (Å²) in [6.07, 6.45) is 6.32. The van der Waals surface area contributed by atoms with Crippen LogP contribution in [-0.2, 0) is 9.59 Å². The Bertz CT molecular complexity index is 401. The molecule has 3 fully saturated rings. The third kappa shape index (κ3) is 2.15. The van der Waals surface area contributed by atoms with Crippen LogP contribution in [0.3, 0.4) is 0 Å². The van der Waals surface area contributed by atoms with Crippen molar-refractivity contribution in [1.29, 1.82) is 0 Å². The van der Waals surface area contributed by atoms with E-state index in [0.29, 0.717) is 24.8 Å². The molecule has 106 valence electrons. The van der Waals surface area contributed by atoms with Crippen molar-refractivity contribution in [2.45, 2.75) is 64.0 Å². The van der Waals surface area contributed by atoms with Gasteiger partial charge in [-0.25, -0.2) is 0 Å². The van der Waals surface area contributed by atoms with E-state index in [2.05, 4.69) is 12.2 Å². The van der Waals surface area contributed by atoms with Crippen LogP contribution in [0.2, 0.25) is 0 Å². The Kier molecular flexibility index (Phi) is 3.06. The molecule has 2 aliphatic carbocycles. The number of nitrogens with one attached hydrogen (secondary N) is 1. The fourth-order valence-corrected chi connectivity index (χ4v) is 3.53. The highest BCUT2D eigenvalue weighted by atomic mass is 16.2. The van der Waals surface area contributed by atoms with Crippen molar-refractivity contribution >= 4 is 11.8 Å². The molecule has 4 nitrogen and oxygen atoms in total. The third-order valence-electron chi connectivity index (χ3n) is 5.40. The van der Waals surface area contributed by atoms with Gasteiger partial charge in [0.05, 0.1) is 0 Å². The van der Waals surface area contributed by atoms with Gasteiger partial charge >= 0.3 is 0 Å². The Morgan fingerprint density at radius 1 is 1.26 bits per heavy atom. The van der Waals surface area contributed by atoms with Crippen LogP contribution in [0.25, 0.3) is 0 Å². The average Bonchev–Trinajstić information content (AvgIpc) is 3.09. The summed E-state index contributed by atoms with van der Waals surface area (Å²) in [6, 6.07) is 0.284. The Morgan fingerprint density at radius 2 is 1.95 bits per heavy atom. The van der Waals surface area contributed by atoms with Gasteiger partial charge in [-0.2, -0.15) is 0 Å². The number of carbonyl (C=O) groups excluding carboxylic acids is 2. The molecule has 19 heavy (non-hydrogen) atoms. The fraction of sp³-hybridized carbons (Fsp3) is 0.867. The van der Waals surface area contributed by atoms with Gasteiger partial charge < -0.3 is 10.2 Å². The number of hydrogen-bond donors (Lipinski definition) is 1. The molecule has 1 N–H and O–H groups in total. The van der Waals surface area contributed by atoms with Crippen LogP contribution in [0.4, 0.5) is 0 Å². The van der Waals surface area contributed by atoms with E-state index in [9.17, 15) is 9.59 Å². The summed E-state index contributed by atoms with van der Waals surface area (Å²) in [4.78, 5) is 26.8. The molecule has 0 aromatic heterocycles. The van der Waals surface area contributed by atoms with Crippen LogP contribution in [-0.4, -0.2) is 34.8 Å². The second kappa shape index (κ2) is 4.50. The Morgan fingerprint density at radius 3 is 2.47 bits per heavy atom. The summed E-state index contributed by atoms with van der Waals surface area (Å²) in [5, 5.41) is 3.00. The van der Waals surface area contributed by atoms with Gasteiger partial charge in [-0.3, -0.25) is 9.59 Å². The summed E-state index contributed by atoms with van der Waals surface area (Å²) in [7, 11) is 0. The summed E-state index contributed by atoms with van der Waals surface area (Å²) in [6.45, 7) is 4.67. The maximum absolute atomic E-state index is 12.9. The molecular weight excluding hydrogens is 240 g/mol. The molecular formula is C15H24N2O2. The number of hydrogen-bond acceptors (Lipinski definition) is 2. The largest absolute Gasteiger partial charge is 0.342 e. The number of nitrogens with zero attached hydrogens (tertiary/aromatic N) is 1. The van der Waals surface area contributed by atoms with Gasteiger partial charge in [-0.15, -0.1) is 0 Å². The topological polar surface area (TPSA) is 49.4 Å². The van der Waals surface area contributed by atoms with E-state index in [4.69, 9.17) is 0 Å². The van der Waals surface area contributed by atoms with Gasteiger partial charge in [0.2, 0.25) is 11.8 Å². The minimum absolute atomic E-state index is 0.0334. The predicted molar refractivity (Wildman–Crippen MR) is 72.4 cm³/mol. The summed E-state index contributed by atoms with van der Waals surface area (Å²) in [5.41, 5.74) is -0.647. The molecule has 2 unspecified atom stereocenters. The molecule has 0 aromatic carbocycles. The fourth-order valence-electron chi connectivity index (χ4n) is 3.53. The summed E-state index contributed by atoms with van der Waals surface area (Å²) < 4.78 is 0. The van der Waals surface area contributed by atoms with Crippen molar-refractivity contribution in [2.24, 2.45) is 11.8 Å². The molecule has 3 aliphatic rings. The minimum Gasteiger partial charge on any atom is -0.342 e. The molecule has 4 heteroatoms. The quantitative estimate of drug-likeness (QED) is 0.843. The zero-order valence-electron chi connectivity index (χ0n) is 11.9. The predicted octanol–water partition coefficient (Wildman–Crippen LogP) is 1.69. The molecule has 0 spiro atoms. The second-order valence-corrected chi connectivity index (χ2v) is 6.70. The van der Waals surface area contributed by atoms with E-state index in [1.807, 2.05) is 11.8 Å². The van der Waals surface area contributed by atoms with Gasteiger partial charge in [0, 0.05) is 19.0 Å². The second-order valence-electron chi connectivity index (χ2n) is 6.70. The molecule has 1 heterocycles. The van der Waals surface area contributed by atoms with Crippen LogP contribution in [0, 0.1) is 11.8 Å². The van der Waals surface area contributed by atoms with Crippen LogP contribution in [0.1, 0.15) is 52.4 Å². The molecule has 1 aliphatic heterocycles. The summed E-state index contributed by atoms with van der Waals surface area (Å²) >= 11 is 0. The highest BCUT2D eigenvalue weighted by Crippen LogP contribution is 2.42. The van der Waals surface area contributed by atoms with E-state index in [1.54, 1.807) is 0 Å². The highest BCUT2D eigenvalue weighted by molar-refractivity contribution is 5.94. The van der Waals surface area contributed by atoms with Crippen LogP contribution < -0.4 is 5.32 Å². The van der Waals surface area contributed by atoms with E-state index in [0.717, 1.165) is 12.8 Å². The zero-order chi connectivity index (χ0) is 13.6. The Hall–Kier alpha value is -1.06. The van der Waals surface area contributed by atoms with Crippen molar-refractivity contribution < 1.29 is 9.59 Å². The number of rotatable bonds is 3. The average molecular weight is 264 g/mol. The minimum atomic E-state index is -0.647. The van der Waals surface area contributed by atoms with Crippen molar-refractivity contribution in [3.8, 4) is 0 Å². The lowest BCUT2D eigenvalue weighted by Crippen LogP contribution is -2.59. The van der Waals surface area contributed by atoms with Gasteiger partial charge in [-0.05, 0) is 51.4 Å². The molecule has 0 bridgehead atoms. The SMILES string of the molecule is CC(C1CCC1)N1CCC(=O)NC(C)(C2CC2)C1=O. The molecule has 3 rings (SSSR count). The Balaban J connectivity index is 1.82. The first kappa shape index (κ1) is 12.9. The monoisotopic (exact) mass is 264 g/mol. The third-order valence-corrected chi connectivity index (χ3v) is 5.40. The molecule has 0 aromatic rings. The molecule has 2 amide bonds.